The summed E-state index contributed by atoms with van der Waals surface area (Å²) in [6.45, 7) is 6.31. The number of carbonyl (C=O) groups excluding carboxylic acids is 2. The normalized spacial score (nSPS) is 22.6. The molecule has 2 atom stereocenters. The molecule has 1 saturated heterocycles. The van der Waals surface area contributed by atoms with E-state index in [0.29, 0.717) is 31.0 Å². The van der Waals surface area contributed by atoms with Crippen LogP contribution in [-0.4, -0.2) is 39.0 Å². The van der Waals surface area contributed by atoms with E-state index in [0.717, 1.165) is 0 Å². The molecular formula is C15H22N4O2. The van der Waals surface area contributed by atoms with E-state index in [9.17, 15) is 9.59 Å². The van der Waals surface area contributed by atoms with Crippen molar-refractivity contribution in [1.29, 1.82) is 0 Å². The monoisotopic (exact) mass is 290 g/mol. The van der Waals surface area contributed by atoms with Gasteiger partial charge in [-0.05, 0) is 30.9 Å². The van der Waals surface area contributed by atoms with Gasteiger partial charge in [-0.1, -0.05) is 20.8 Å². The molecule has 2 unspecified atom stereocenters. The molecule has 21 heavy (non-hydrogen) atoms. The first kappa shape index (κ1) is 15.4. The Morgan fingerprint density at radius 2 is 2.14 bits per heavy atom. The molecule has 0 bridgehead atoms. The molecule has 1 N–H and O–H groups in total. The zero-order valence-electron chi connectivity index (χ0n) is 12.7. The molecule has 2 amide bonds. The average molecular weight is 290 g/mol. The van der Waals surface area contributed by atoms with E-state index in [1.807, 2.05) is 26.8 Å². The van der Waals surface area contributed by atoms with Crippen molar-refractivity contribution >= 4 is 11.8 Å². The summed E-state index contributed by atoms with van der Waals surface area (Å²) < 4.78 is 0. The summed E-state index contributed by atoms with van der Waals surface area (Å²) in [5, 5.41) is 10.7. The van der Waals surface area contributed by atoms with Crippen molar-refractivity contribution in [2.45, 2.75) is 52.2 Å². The summed E-state index contributed by atoms with van der Waals surface area (Å²) in [5.74, 6) is 0.239. The second-order valence-corrected chi connectivity index (χ2v) is 5.80. The van der Waals surface area contributed by atoms with Crippen molar-refractivity contribution in [3.8, 4) is 0 Å². The summed E-state index contributed by atoms with van der Waals surface area (Å²) in [6, 6.07) is 2.74. The molecule has 1 aliphatic rings. The molecule has 114 valence electrons. The van der Waals surface area contributed by atoms with Gasteiger partial charge in [0.1, 0.15) is 12.1 Å². The zero-order valence-corrected chi connectivity index (χ0v) is 12.7. The molecule has 1 fully saturated rings. The third-order valence-corrected chi connectivity index (χ3v) is 3.63. The number of hydrogen-bond acceptors (Lipinski definition) is 4. The van der Waals surface area contributed by atoms with E-state index in [1.165, 1.54) is 0 Å². The van der Waals surface area contributed by atoms with Crippen LogP contribution in [0.15, 0.2) is 18.3 Å². The number of carbonyl (C=O) groups is 2. The van der Waals surface area contributed by atoms with Gasteiger partial charge in [-0.2, -0.15) is 10.2 Å². The van der Waals surface area contributed by atoms with Gasteiger partial charge in [0, 0.05) is 6.20 Å². The molecule has 1 aliphatic heterocycles. The Kier molecular flexibility index (Phi) is 4.88. The van der Waals surface area contributed by atoms with Crippen LogP contribution in [0, 0.1) is 5.92 Å². The highest BCUT2D eigenvalue weighted by Gasteiger charge is 2.39. The molecule has 0 aromatic carbocycles. The lowest BCUT2D eigenvalue weighted by Crippen LogP contribution is -2.63. The van der Waals surface area contributed by atoms with E-state index in [1.54, 1.807) is 17.2 Å². The number of aromatic nitrogens is 2. The van der Waals surface area contributed by atoms with Crippen LogP contribution in [0.25, 0.3) is 0 Å². The van der Waals surface area contributed by atoms with Crippen molar-refractivity contribution in [3.05, 3.63) is 24.0 Å². The highest BCUT2D eigenvalue weighted by atomic mass is 16.2. The molecule has 6 heteroatoms. The Balaban J connectivity index is 2.20. The summed E-state index contributed by atoms with van der Waals surface area (Å²) in [4.78, 5) is 26.5. The molecule has 6 nitrogen and oxygen atoms in total. The lowest BCUT2D eigenvalue weighted by Gasteiger charge is -2.38. The topological polar surface area (TPSA) is 75.2 Å². The Hall–Kier alpha value is -1.98. The van der Waals surface area contributed by atoms with Crippen LogP contribution in [0.5, 0.6) is 0 Å². The Bertz CT molecular complexity index is 504. The molecule has 2 rings (SSSR count). The standard InChI is InChI=1S/C15H22N4O2/c1-4-13-14(20)17-12(8-10(2)3)15(21)19(13)9-11-6-5-7-16-18-11/h5-7,10,12-13H,4,8-9H2,1-3H3,(H,17,20). The predicted octanol–water partition coefficient (Wildman–Crippen LogP) is 1.13. The highest BCUT2D eigenvalue weighted by molar-refractivity contribution is 5.96. The molecule has 1 aromatic rings. The van der Waals surface area contributed by atoms with Crippen LogP contribution in [-0.2, 0) is 16.1 Å². The number of rotatable bonds is 5. The van der Waals surface area contributed by atoms with Crippen LogP contribution in [0.3, 0.4) is 0 Å². The second-order valence-electron chi connectivity index (χ2n) is 5.80. The Labute approximate surface area is 124 Å². The van der Waals surface area contributed by atoms with Gasteiger partial charge in [0.25, 0.3) is 0 Å². The minimum absolute atomic E-state index is 0.0270. The summed E-state index contributed by atoms with van der Waals surface area (Å²) in [5.41, 5.74) is 0.697. The SMILES string of the molecule is CCC1C(=O)NC(CC(C)C)C(=O)N1Cc1cccnn1. The second kappa shape index (κ2) is 6.65. The van der Waals surface area contributed by atoms with Crippen molar-refractivity contribution < 1.29 is 9.59 Å². The molecule has 0 spiro atoms. The number of nitrogens with one attached hydrogen (secondary N) is 1. The number of nitrogens with zero attached hydrogens (tertiary/aromatic N) is 3. The Morgan fingerprint density at radius 1 is 1.38 bits per heavy atom. The first-order valence-corrected chi connectivity index (χ1v) is 7.40. The maximum Gasteiger partial charge on any atom is 0.246 e. The molecular weight excluding hydrogens is 268 g/mol. The predicted molar refractivity (Wildman–Crippen MR) is 78.0 cm³/mol. The number of amides is 2. The molecule has 0 saturated carbocycles. The van der Waals surface area contributed by atoms with Crippen molar-refractivity contribution in [2.24, 2.45) is 5.92 Å². The molecule has 0 aliphatic carbocycles. The van der Waals surface area contributed by atoms with E-state index in [2.05, 4.69) is 15.5 Å². The van der Waals surface area contributed by atoms with E-state index in [4.69, 9.17) is 0 Å². The fourth-order valence-corrected chi connectivity index (χ4v) is 2.64. The van der Waals surface area contributed by atoms with Crippen LogP contribution in [0.1, 0.15) is 39.3 Å². The van der Waals surface area contributed by atoms with Gasteiger partial charge in [-0.3, -0.25) is 9.59 Å². The van der Waals surface area contributed by atoms with Gasteiger partial charge in [-0.25, -0.2) is 0 Å². The number of hydrogen-bond donors (Lipinski definition) is 1. The largest absolute Gasteiger partial charge is 0.342 e. The molecule has 1 aromatic heterocycles. The summed E-state index contributed by atoms with van der Waals surface area (Å²) in [6.07, 6.45) is 2.83. The van der Waals surface area contributed by atoms with Crippen molar-refractivity contribution in [1.82, 2.24) is 20.4 Å². The number of piperazine rings is 1. The van der Waals surface area contributed by atoms with Crippen LogP contribution < -0.4 is 5.32 Å². The Morgan fingerprint density at radius 3 is 2.71 bits per heavy atom. The smallest absolute Gasteiger partial charge is 0.246 e. The van der Waals surface area contributed by atoms with Gasteiger partial charge in [0.2, 0.25) is 11.8 Å². The third kappa shape index (κ3) is 3.56. The van der Waals surface area contributed by atoms with Gasteiger partial charge in [0.15, 0.2) is 0 Å². The van der Waals surface area contributed by atoms with Crippen LogP contribution in [0.2, 0.25) is 0 Å². The van der Waals surface area contributed by atoms with Crippen molar-refractivity contribution in [3.63, 3.8) is 0 Å². The third-order valence-electron chi connectivity index (χ3n) is 3.63. The molecule has 0 radical (unpaired) electrons. The van der Waals surface area contributed by atoms with Gasteiger partial charge in [0.05, 0.1) is 12.2 Å². The summed E-state index contributed by atoms with van der Waals surface area (Å²) >= 11 is 0. The van der Waals surface area contributed by atoms with Gasteiger partial charge in [-0.15, -0.1) is 0 Å². The first-order chi connectivity index (χ1) is 10.0. The summed E-state index contributed by atoms with van der Waals surface area (Å²) in [7, 11) is 0. The minimum Gasteiger partial charge on any atom is -0.342 e. The van der Waals surface area contributed by atoms with Crippen LogP contribution >= 0.6 is 0 Å². The van der Waals surface area contributed by atoms with E-state index < -0.39 is 12.1 Å². The van der Waals surface area contributed by atoms with Crippen molar-refractivity contribution in [2.75, 3.05) is 0 Å². The fraction of sp³-hybridized carbons (Fsp3) is 0.600. The molecule has 2 heterocycles. The fourth-order valence-electron chi connectivity index (χ4n) is 2.64. The maximum atomic E-state index is 12.6. The zero-order chi connectivity index (χ0) is 15.4. The first-order valence-electron chi connectivity index (χ1n) is 7.40. The maximum absolute atomic E-state index is 12.6. The van der Waals surface area contributed by atoms with Gasteiger partial charge < -0.3 is 10.2 Å². The van der Waals surface area contributed by atoms with E-state index in [-0.39, 0.29) is 11.8 Å². The quantitative estimate of drug-likeness (QED) is 0.882. The average Bonchev–Trinajstić information content (AvgIpc) is 2.45. The van der Waals surface area contributed by atoms with Crippen LogP contribution in [0.4, 0.5) is 0 Å². The lowest BCUT2D eigenvalue weighted by molar-refractivity contribution is -0.150. The highest BCUT2D eigenvalue weighted by Crippen LogP contribution is 2.19. The van der Waals surface area contributed by atoms with E-state index >= 15 is 0 Å². The lowest BCUT2D eigenvalue weighted by atomic mass is 9.97. The van der Waals surface area contributed by atoms with Gasteiger partial charge >= 0.3 is 0 Å². The minimum atomic E-state index is -0.433.